The van der Waals surface area contributed by atoms with Crippen LogP contribution in [0, 0.1) is 6.92 Å². The first kappa shape index (κ1) is 18.2. The standard InChI is InChI=1S/C21H30N2O/c1-4-6-21(22-14-18-9-7-17(5-2)8-10-18)23-15-19-11-12-20(24)16(3)13-19/h6-7,9,11-13,22-24H,4-5,8,10,14-15H2,1-3H3/b21-6+. The van der Waals surface area contributed by atoms with E-state index in [2.05, 4.69) is 42.7 Å². The number of phenols is 1. The molecule has 3 N–H and O–H groups in total. The molecule has 0 unspecified atom stereocenters. The monoisotopic (exact) mass is 326 g/mol. The van der Waals surface area contributed by atoms with Gasteiger partial charge >= 0.3 is 0 Å². The van der Waals surface area contributed by atoms with Gasteiger partial charge in [-0.1, -0.05) is 49.3 Å². The minimum Gasteiger partial charge on any atom is -0.508 e. The third kappa shape index (κ3) is 5.48. The second-order valence-corrected chi connectivity index (χ2v) is 6.36. The molecule has 0 fully saturated rings. The van der Waals surface area contributed by atoms with Crippen LogP contribution in [-0.4, -0.2) is 11.7 Å². The van der Waals surface area contributed by atoms with E-state index in [4.69, 9.17) is 0 Å². The quantitative estimate of drug-likeness (QED) is 0.649. The predicted octanol–water partition coefficient (Wildman–Crippen LogP) is 4.69. The Labute approximate surface area is 146 Å². The molecular weight excluding hydrogens is 296 g/mol. The molecule has 1 aromatic rings. The molecule has 0 aliphatic heterocycles. The lowest BCUT2D eigenvalue weighted by atomic mass is 9.97. The number of aromatic hydroxyl groups is 1. The Balaban J connectivity index is 1.88. The van der Waals surface area contributed by atoms with Crippen LogP contribution in [0.3, 0.4) is 0 Å². The molecule has 0 heterocycles. The molecule has 0 bridgehead atoms. The first-order valence-corrected chi connectivity index (χ1v) is 8.96. The van der Waals surface area contributed by atoms with Crippen LogP contribution >= 0.6 is 0 Å². The maximum atomic E-state index is 9.62. The van der Waals surface area contributed by atoms with Crippen LogP contribution in [-0.2, 0) is 6.54 Å². The largest absolute Gasteiger partial charge is 0.508 e. The minimum atomic E-state index is 0.352. The molecule has 0 atom stereocenters. The van der Waals surface area contributed by atoms with Gasteiger partial charge in [0.2, 0.25) is 0 Å². The fourth-order valence-electron chi connectivity index (χ4n) is 2.81. The van der Waals surface area contributed by atoms with Crippen LogP contribution in [0.2, 0.25) is 0 Å². The molecule has 2 rings (SSSR count). The molecule has 24 heavy (non-hydrogen) atoms. The fourth-order valence-corrected chi connectivity index (χ4v) is 2.81. The maximum absolute atomic E-state index is 9.62. The van der Waals surface area contributed by atoms with Crippen LogP contribution in [0.15, 0.2) is 53.4 Å². The molecule has 3 heteroatoms. The summed E-state index contributed by atoms with van der Waals surface area (Å²) in [5.74, 6) is 1.43. The van der Waals surface area contributed by atoms with E-state index in [-0.39, 0.29) is 0 Å². The van der Waals surface area contributed by atoms with Crippen LogP contribution in [0.1, 0.15) is 50.7 Å². The normalized spacial score (nSPS) is 14.9. The third-order valence-corrected chi connectivity index (χ3v) is 4.43. The summed E-state index contributed by atoms with van der Waals surface area (Å²) in [4.78, 5) is 0. The summed E-state index contributed by atoms with van der Waals surface area (Å²) in [6.07, 6.45) is 11.2. The SMILES string of the molecule is CC/C=C(\NCC1=CC=C(CC)CC1)NCc1ccc(O)c(C)c1. The van der Waals surface area contributed by atoms with E-state index in [1.54, 1.807) is 11.6 Å². The number of aryl methyl sites for hydroxylation is 1. The van der Waals surface area contributed by atoms with Gasteiger partial charge < -0.3 is 15.7 Å². The topological polar surface area (TPSA) is 44.3 Å². The number of hydrogen-bond donors (Lipinski definition) is 3. The summed E-state index contributed by atoms with van der Waals surface area (Å²) >= 11 is 0. The summed E-state index contributed by atoms with van der Waals surface area (Å²) in [5.41, 5.74) is 5.08. The summed E-state index contributed by atoms with van der Waals surface area (Å²) < 4.78 is 0. The highest BCUT2D eigenvalue weighted by molar-refractivity contribution is 5.35. The lowest BCUT2D eigenvalue weighted by Crippen LogP contribution is -2.28. The second-order valence-electron chi connectivity index (χ2n) is 6.36. The number of hydrogen-bond acceptors (Lipinski definition) is 3. The van der Waals surface area contributed by atoms with Crippen molar-refractivity contribution in [3.8, 4) is 5.75 Å². The lowest BCUT2D eigenvalue weighted by molar-refractivity contribution is 0.470. The molecule has 3 nitrogen and oxygen atoms in total. The molecule has 0 spiro atoms. The molecule has 0 radical (unpaired) electrons. The fraction of sp³-hybridized carbons (Fsp3) is 0.429. The molecule has 1 aliphatic carbocycles. The minimum absolute atomic E-state index is 0.352. The molecule has 0 aromatic heterocycles. The van der Waals surface area contributed by atoms with Crippen molar-refractivity contribution in [3.63, 3.8) is 0 Å². The molecule has 0 amide bonds. The van der Waals surface area contributed by atoms with Crippen molar-refractivity contribution in [2.45, 2.75) is 53.0 Å². The van der Waals surface area contributed by atoms with E-state index in [0.29, 0.717) is 5.75 Å². The average molecular weight is 326 g/mol. The Morgan fingerprint density at radius 1 is 1.08 bits per heavy atom. The van der Waals surface area contributed by atoms with Gasteiger partial charge in [-0.15, -0.1) is 0 Å². The highest BCUT2D eigenvalue weighted by Gasteiger charge is 2.06. The Morgan fingerprint density at radius 2 is 1.79 bits per heavy atom. The van der Waals surface area contributed by atoms with Gasteiger partial charge in [0.15, 0.2) is 0 Å². The second kappa shape index (κ2) is 9.21. The van der Waals surface area contributed by atoms with Gasteiger partial charge in [-0.3, -0.25) is 0 Å². The van der Waals surface area contributed by atoms with E-state index < -0.39 is 0 Å². The summed E-state index contributed by atoms with van der Waals surface area (Å²) in [6.45, 7) is 7.93. The summed E-state index contributed by atoms with van der Waals surface area (Å²) in [6, 6.07) is 5.74. The van der Waals surface area contributed by atoms with Crippen LogP contribution < -0.4 is 10.6 Å². The van der Waals surface area contributed by atoms with Crippen molar-refractivity contribution < 1.29 is 5.11 Å². The number of allylic oxidation sites excluding steroid dienone is 4. The van der Waals surface area contributed by atoms with Crippen LogP contribution in [0.25, 0.3) is 0 Å². The van der Waals surface area contributed by atoms with Gasteiger partial charge in [-0.25, -0.2) is 0 Å². The van der Waals surface area contributed by atoms with Gasteiger partial charge in [-0.2, -0.15) is 0 Å². The molecule has 0 saturated carbocycles. The highest BCUT2D eigenvalue weighted by atomic mass is 16.3. The van der Waals surface area contributed by atoms with E-state index in [1.165, 1.54) is 17.6 Å². The molecular formula is C21H30N2O. The lowest BCUT2D eigenvalue weighted by Gasteiger charge is -2.18. The molecule has 130 valence electrons. The Hall–Kier alpha value is -2.16. The van der Waals surface area contributed by atoms with Gasteiger partial charge in [0.25, 0.3) is 0 Å². The predicted molar refractivity (Wildman–Crippen MR) is 102 cm³/mol. The number of phenolic OH excluding ortho intramolecular Hbond substituents is 1. The number of nitrogens with one attached hydrogen (secondary N) is 2. The van der Waals surface area contributed by atoms with Crippen molar-refractivity contribution in [1.29, 1.82) is 0 Å². The van der Waals surface area contributed by atoms with E-state index in [0.717, 1.165) is 43.7 Å². The van der Waals surface area contributed by atoms with Gasteiger partial charge in [0.1, 0.15) is 5.75 Å². The Kier molecular flexibility index (Phi) is 6.98. The molecule has 1 aromatic carbocycles. The number of rotatable bonds is 8. The average Bonchev–Trinajstić information content (AvgIpc) is 2.60. The van der Waals surface area contributed by atoms with Gasteiger partial charge in [0.05, 0.1) is 5.82 Å². The van der Waals surface area contributed by atoms with Gasteiger partial charge in [0, 0.05) is 13.1 Å². The molecule has 0 saturated heterocycles. The smallest absolute Gasteiger partial charge is 0.118 e. The summed E-state index contributed by atoms with van der Waals surface area (Å²) in [5, 5.41) is 16.6. The first-order chi connectivity index (χ1) is 11.6. The highest BCUT2D eigenvalue weighted by Crippen LogP contribution is 2.20. The zero-order valence-corrected chi connectivity index (χ0v) is 15.2. The van der Waals surface area contributed by atoms with E-state index in [9.17, 15) is 5.11 Å². The Morgan fingerprint density at radius 3 is 2.42 bits per heavy atom. The van der Waals surface area contributed by atoms with Gasteiger partial charge in [-0.05, 0) is 55.9 Å². The van der Waals surface area contributed by atoms with Crippen molar-refractivity contribution in [2.24, 2.45) is 0 Å². The van der Waals surface area contributed by atoms with Crippen LogP contribution in [0.4, 0.5) is 0 Å². The zero-order valence-electron chi connectivity index (χ0n) is 15.2. The zero-order chi connectivity index (χ0) is 17.4. The number of benzene rings is 1. The van der Waals surface area contributed by atoms with Crippen molar-refractivity contribution in [3.05, 3.63) is 64.5 Å². The Bertz CT molecular complexity index is 641. The van der Waals surface area contributed by atoms with Crippen molar-refractivity contribution in [1.82, 2.24) is 10.6 Å². The van der Waals surface area contributed by atoms with Crippen molar-refractivity contribution in [2.75, 3.05) is 6.54 Å². The molecule has 1 aliphatic rings. The van der Waals surface area contributed by atoms with E-state index in [1.807, 2.05) is 19.1 Å². The maximum Gasteiger partial charge on any atom is 0.118 e. The summed E-state index contributed by atoms with van der Waals surface area (Å²) in [7, 11) is 0. The van der Waals surface area contributed by atoms with E-state index >= 15 is 0 Å². The first-order valence-electron chi connectivity index (χ1n) is 8.96. The third-order valence-electron chi connectivity index (χ3n) is 4.43. The van der Waals surface area contributed by atoms with Crippen molar-refractivity contribution >= 4 is 0 Å². The van der Waals surface area contributed by atoms with Crippen LogP contribution in [0.5, 0.6) is 5.75 Å².